The third-order valence-electron chi connectivity index (χ3n) is 4.09. The van der Waals surface area contributed by atoms with Gasteiger partial charge in [0.15, 0.2) is 5.82 Å². The molecule has 0 bridgehead atoms. The molecule has 2 aromatic heterocycles. The molecule has 0 fully saturated rings. The summed E-state index contributed by atoms with van der Waals surface area (Å²) in [6.45, 7) is 1.06. The van der Waals surface area contributed by atoms with Crippen molar-refractivity contribution in [1.29, 1.82) is 0 Å². The third-order valence-corrected chi connectivity index (χ3v) is 4.09. The number of benzene rings is 2. The minimum atomic E-state index is 0.434. The van der Waals surface area contributed by atoms with Crippen LogP contribution in [0.25, 0.3) is 0 Å². The highest BCUT2D eigenvalue weighted by Gasteiger charge is 2.03. The van der Waals surface area contributed by atoms with Crippen LogP contribution in [0.15, 0.2) is 85.2 Å². The second kappa shape index (κ2) is 9.27. The molecule has 0 aliphatic heterocycles. The first-order valence-electron chi connectivity index (χ1n) is 9.22. The number of hydrogen-bond acceptors (Lipinski definition) is 7. The van der Waals surface area contributed by atoms with Crippen LogP contribution < -0.4 is 15.4 Å². The first-order chi connectivity index (χ1) is 14.3. The molecule has 0 atom stereocenters. The van der Waals surface area contributed by atoms with Crippen molar-refractivity contribution >= 4 is 17.5 Å². The van der Waals surface area contributed by atoms with Crippen LogP contribution in [0.3, 0.4) is 0 Å². The summed E-state index contributed by atoms with van der Waals surface area (Å²) < 4.78 is 5.81. The number of nitrogens with one attached hydrogen (secondary N) is 2. The Bertz CT molecular complexity index is 1030. The Morgan fingerprint density at radius 2 is 1.69 bits per heavy atom. The van der Waals surface area contributed by atoms with Crippen LogP contribution in [0.4, 0.5) is 17.5 Å². The number of anilines is 3. The van der Waals surface area contributed by atoms with E-state index in [1.54, 1.807) is 12.4 Å². The molecular weight excluding hydrogens is 364 g/mol. The number of pyridine rings is 1. The first kappa shape index (κ1) is 18.4. The summed E-state index contributed by atoms with van der Waals surface area (Å²) in [5.41, 5.74) is 2.92. The second-order valence-corrected chi connectivity index (χ2v) is 6.26. The molecule has 0 spiro atoms. The lowest BCUT2D eigenvalue weighted by Crippen LogP contribution is -2.07. The van der Waals surface area contributed by atoms with Crippen LogP contribution in [0.1, 0.15) is 11.3 Å². The molecule has 0 amide bonds. The smallest absolute Gasteiger partial charge is 0.245 e. The number of aromatic nitrogens is 4. The van der Waals surface area contributed by atoms with Gasteiger partial charge in [0, 0.05) is 11.9 Å². The molecule has 7 nitrogen and oxygen atoms in total. The molecule has 2 aromatic carbocycles. The average molecular weight is 384 g/mol. The molecule has 144 valence electrons. The zero-order valence-electron chi connectivity index (χ0n) is 15.7. The number of hydrogen-bond donors (Lipinski definition) is 2. The largest absolute Gasteiger partial charge is 0.489 e. The van der Waals surface area contributed by atoms with Gasteiger partial charge in [0.05, 0.1) is 18.4 Å². The summed E-state index contributed by atoms with van der Waals surface area (Å²) in [6.07, 6.45) is 3.33. The maximum atomic E-state index is 5.81. The maximum Gasteiger partial charge on any atom is 0.245 e. The van der Waals surface area contributed by atoms with Crippen molar-refractivity contribution in [3.05, 3.63) is 96.4 Å². The zero-order valence-corrected chi connectivity index (χ0v) is 15.7. The summed E-state index contributed by atoms with van der Waals surface area (Å²) >= 11 is 0. The van der Waals surface area contributed by atoms with Gasteiger partial charge in [-0.1, -0.05) is 36.4 Å². The Kier molecular flexibility index (Phi) is 5.87. The van der Waals surface area contributed by atoms with Crippen molar-refractivity contribution < 1.29 is 4.74 Å². The van der Waals surface area contributed by atoms with Crippen molar-refractivity contribution in [1.82, 2.24) is 20.2 Å². The lowest BCUT2D eigenvalue weighted by molar-refractivity contribution is 0.306. The molecule has 0 saturated heterocycles. The van der Waals surface area contributed by atoms with E-state index in [-0.39, 0.29) is 0 Å². The molecule has 0 aliphatic carbocycles. The van der Waals surface area contributed by atoms with Gasteiger partial charge in [-0.3, -0.25) is 4.98 Å². The Hall–Kier alpha value is -4.00. The van der Waals surface area contributed by atoms with E-state index in [1.807, 2.05) is 72.8 Å². The standard InChI is InChI=1S/C22H20N6O/c1-2-6-17(7-3-1)16-29-20-11-9-18(10-12-20)26-21-15-25-28-22(27-21)24-14-19-8-4-5-13-23-19/h1-13,15H,14,16H2,(H2,24,26,27,28). The maximum absolute atomic E-state index is 5.81. The predicted molar refractivity (Wildman–Crippen MR) is 112 cm³/mol. The molecule has 0 aliphatic rings. The fourth-order valence-electron chi connectivity index (χ4n) is 2.63. The van der Waals surface area contributed by atoms with Gasteiger partial charge in [-0.15, -0.1) is 5.10 Å². The van der Waals surface area contributed by atoms with Gasteiger partial charge in [-0.2, -0.15) is 10.1 Å². The first-order valence-corrected chi connectivity index (χ1v) is 9.22. The van der Waals surface area contributed by atoms with E-state index in [0.717, 1.165) is 22.7 Å². The second-order valence-electron chi connectivity index (χ2n) is 6.26. The summed E-state index contributed by atoms with van der Waals surface area (Å²) in [6, 6.07) is 23.5. The van der Waals surface area contributed by atoms with E-state index in [2.05, 4.69) is 30.8 Å². The average Bonchev–Trinajstić information content (AvgIpc) is 2.79. The van der Waals surface area contributed by atoms with E-state index in [4.69, 9.17) is 4.74 Å². The van der Waals surface area contributed by atoms with Crippen LogP contribution in [0, 0.1) is 0 Å². The Balaban J connectivity index is 1.33. The number of ether oxygens (including phenoxy) is 1. The Morgan fingerprint density at radius 1 is 0.862 bits per heavy atom. The summed E-state index contributed by atoms with van der Waals surface area (Å²) in [5.74, 6) is 1.84. The van der Waals surface area contributed by atoms with E-state index in [9.17, 15) is 0 Å². The molecule has 2 heterocycles. The number of rotatable bonds is 8. The molecule has 2 N–H and O–H groups in total. The van der Waals surface area contributed by atoms with E-state index >= 15 is 0 Å². The molecular formula is C22H20N6O. The summed E-state index contributed by atoms with van der Waals surface area (Å²) in [4.78, 5) is 8.69. The van der Waals surface area contributed by atoms with Crippen LogP contribution in [0.5, 0.6) is 5.75 Å². The molecule has 0 radical (unpaired) electrons. The van der Waals surface area contributed by atoms with E-state index in [1.165, 1.54) is 0 Å². The summed E-state index contributed by atoms with van der Waals surface area (Å²) in [7, 11) is 0. The van der Waals surface area contributed by atoms with Gasteiger partial charge in [-0.05, 0) is 42.0 Å². The SMILES string of the molecule is c1ccc(COc2ccc(Nc3cnnc(NCc4ccccn4)n3)cc2)cc1. The van der Waals surface area contributed by atoms with E-state index in [0.29, 0.717) is 24.9 Å². The van der Waals surface area contributed by atoms with Crippen LogP contribution in [-0.4, -0.2) is 20.2 Å². The van der Waals surface area contributed by atoms with Crippen molar-refractivity contribution in [2.75, 3.05) is 10.6 Å². The monoisotopic (exact) mass is 384 g/mol. The van der Waals surface area contributed by atoms with Gasteiger partial charge in [0.1, 0.15) is 12.4 Å². The van der Waals surface area contributed by atoms with Crippen molar-refractivity contribution in [3.63, 3.8) is 0 Å². The van der Waals surface area contributed by atoms with Crippen molar-refractivity contribution in [3.8, 4) is 5.75 Å². The normalized spacial score (nSPS) is 10.3. The highest BCUT2D eigenvalue weighted by Crippen LogP contribution is 2.20. The fraction of sp³-hybridized carbons (Fsp3) is 0.0909. The van der Waals surface area contributed by atoms with Gasteiger partial charge < -0.3 is 15.4 Å². The van der Waals surface area contributed by atoms with Crippen LogP contribution >= 0.6 is 0 Å². The minimum absolute atomic E-state index is 0.434. The van der Waals surface area contributed by atoms with E-state index < -0.39 is 0 Å². The molecule has 29 heavy (non-hydrogen) atoms. The van der Waals surface area contributed by atoms with Gasteiger partial charge in [0.25, 0.3) is 0 Å². The predicted octanol–water partition coefficient (Wildman–Crippen LogP) is 4.20. The highest BCUT2D eigenvalue weighted by molar-refractivity contribution is 5.57. The lowest BCUT2D eigenvalue weighted by Gasteiger charge is -2.09. The third kappa shape index (κ3) is 5.49. The van der Waals surface area contributed by atoms with Crippen molar-refractivity contribution in [2.24, 2.45) is 0 Å². The Morgan fingerprint density at radius 3 is 2.48 bits per heavy atom. The van der Waals surface area contributed by atoms with Gasteiger partial charge in [0.2, 0.25) is 5.95 Å². The molecule has 0 unspecified atom stereocenters. The van der Waals surface area contributed by atoms with Crippen LogP contribution in [0.2, 0.25) is 0 Å². The zero-order chi connectivity index (χ0) is 19.7. The quantitative estimate of drug-likeness (QED) is 0.471. The Labute approximate surface area is 168 Å². The molecule has 7 heteroatoms. The van der Waals surface area contributed by atoms with Gasteiger partial charge >= 0.3 is 0 Å². The molecule has 4 rings (SSSR count). The summed E-state index contributed by atoms with van der Waals surface area (Å²) in [5, 5.41) is 14.3. The highest BCUT2D eigenvalue weighted by atomic mass is 16.5. The van der Waals surface area contributed by atoms with Crippen LogP contribution in [-0.2, 0) is 13.2 Å². The topological polar surface area (TPSA) is 84.9 Å². The lowest BCUT2D eigenvalue weighted by atomic mass is 10.2. The van der Waals surface area contributed by atoms with Gasteiger partial charge in [-0.25, -0.2) is 0 Å². The minimum Gasteiger partial charge on any atom is -0.489 e. The molecule has 4 aromatic rings. The molecule has 0 saturated carbocycles. The number of nitrogens with zero attached hydrogens (tertiary/aromatic N) is 4. The van der Waals surface area contributed by atoms with Crippen molar-refractivity contribution in [2.45, 2.75) is 13.2 Å². The fourth-order valence-corrected chi connectivity index (χ4v) is 2.63.